The molecule has 1 aromatic heterocycles. The Morgan fingerprint density at radius 3 is 2.81 bits per heavy atom. The van der Waals surface area contributed by atoms with Gasteiger partial charge in [-0.25, -0.2) is 9.97 Å². The van der Waals surface area contributed by atoms with Crippen LogP contribution < -0.4 is 4.74 Å². The Morgan fingerprint density at radius 1 is 1.25 bits per heavy atom. The average molecular weight is 276 g/mol. The minimum absolute atomic E-state index is 0.393. The molecule has 1 heterocycles. The number of aromatic nitrogens is 2. The third-order valence-corrected chi connectivity index (χ3v) is 2.26. The first-order valence-electron chi connectivity index (χ1n) is 4.44. The van der Waals surface area contributed by atoms with Crippen molar-refractivity contribution in [3.05, 3.63) is 46.8 Å². The number of halogens is 1. The molecule has 78 valence electrons. The van der Waals surface area contributed by atoms with Gasteiger partial charge in [0.05, 0.1) is 5.56 Å². The molecular formula is C11H6BrN3O. The highest BCUT2D eigenvalue weighted by atomic mass is 79.9. The molecule has 0 amide bonds. The van der Waals surface area contributed by atoms with Crippen LogP contribution in [0.15, 0.2) is 41.3 Å². The molecule has 0 spiro atoms. The number of nitrogens with zero attached hydrogens (tertiary/aromatic N) is 3. The molecule has 0 aliphatic rings. The Kier molecular flexibility index (Phi) is 3.13. The van der Waals surface area contributed by atoms with Crippen molar-refractivity contribution in [2.75, 3.05) is 0 Å². The summed E-state index contributed by atoms with van der Waals surface area (Å²) >= 11 is 3.21. The lowest BCUT2D eigenvalue weighted by Gasteiger charge is -2.05. The fraction of sp³-hybridized carbons (Fsp3) is 0. The van der Waals surface area contributed by atoms with E-state index in [0.29, 0.717) is 21.8 Å². The van der Waals surface area contributed by atoms with E-state index in [1.54, 1.807) is 30.3 Å². The van der Waals surface area contributed by atoms with Gasteiger partial charge < -0.3 is 4.74 Å². The third kappa shape index (κ3) is 2.35. The van der Waals surface area contributed by atoms with Crippen LogP contribution in [0.4, 0.5) is 0 Å². The summed E-state index contributed by atoms with van der Waals surface area (Å²) in [6, 6.07) is 10.7. The van der Waals surface area contributed by atoms with Crippen LogP contribution in [-0.2, 0) is 0 Å². The van der Waals surface area contributed by atoms with Crippen LogP contribution in [0.3, 0.4) is 0 Å². The lowest BCUT2D eigenvalue weighted by molar-refractivity contribution is 0.459. The Bertz CT molecular complexity index is 551. The maximum absolute atomic E-state index is 8.88. The first-order chi connectivity index (χ1) is 7.79. The van der Waals surface area contributed by atoms with Crippen molar-refractivity contribution in [3.63, 3.8) is 0 Å². The molecule has 4 nitrogen and oxygen atoms in total. The van der Waals surface area contributed by atoms with E-state index in [2.05, 4.69) is 32.0 Å². The molecule has 1 aromatic carbocycles. The Morgan fingerprint density at radius 2 is 2.06 bits per heavy atom. The molecule has 0 unspecified atom stereocenters. The normalized spacial score (nSPS) is 9.50. The highest BCUT2D eigenvalue weighted by molar-refractivity contribution is 9.10. The molecule has 0 fully saturated rings. The lowest BCUT2D eigenvalue weighted by Crippen LogP contribution is -1.91. The second kappa shape index (κ2) is 4.73. The number of para-hydroxylation sites is 1. The van der Waals surface area contributed by atoms with Gasteiger partial charge in [0.15, 0.2) is 0 Å². The van der Waals surface area contributed by atoms with E-state index >= 15 is 0 Å². The van der Waals surface area contributed by atoms with E-state index in [-0.39, 0.29) is 0 Å². The van der Waals surface area contributed by atoms with E-state index in [0.717, 1.165) is 0 Å². The number of hydrogen-bond acceptors (Lipinski definition) is 4. The third-order valence-electron chi connectivity index (χ3n) is 1.83. The van der Waals surface area contributed by atoms with Crippen molar-refractivity contribution >= 4 is 15.9 Å². The average Bonchev–Trinajstić information content (AvgIpc) is 2.30. The number of rotatable bonds is 2. The van der Waals surface area contributed by atoms with Gasteiger partial charge >= 0.3 is 0 Å². The predicted molar refractivity (Wildman–Crippen MR) is 61.0 cm³/mol. The summed E-state index contributed by atoms with van der Waals surface area (Å²) in [7, 11) is 0. The summed E-state index contributed by atoms with van der Waals surface area (Å²) < 4.78 is 6.11. The predicted octanol–water partition coefficient (Wildman–Crippen LogP) is 2.90. The van der Waals surface area contributed by atoms with Crippen LogP contribution in [0.2, 0.25) is 0 Å². The SMILES string of the molecule is N#Cc1ccccc1Oc1cc(Br)ncn1. The zero-order chi connectivity index (χ0) is 11.4. The van der Waals surface area contributed by atoms with E-state index in [1.807, 2.05) is 0 Å². The largest absolute Gasteiger partial charge is 0.437 e. The highest BCUT2D eigenvalue weighted by Crippen LogP contribution is 2.23. The maximum atomic E-state index is 8.88. The quantitative estimate of drug-likeness (QED) is 0.791. The van der Waals surface area contributed by atoms with Crippen molar-refractivity contribution in [3.8, 4) is 17.7 Å². The van der Waals surface area contributed by atoms with E-state index < -0.39 is 0 Å². The minimum Gasteiger partial charge on any atom is -0.437 e. The zero-order valence-electron chi connectivity index (χ0n) is 8.09. The van der Waals surface area contributed by atoms with Crippen LogP contribution in [0.5, 0.6) is 11.6 Å². The van der Waals surface area contributed by atoms with Crippen molar-refractivity contribution in [2.24, 2.45) is 0 Å². The molecule has 0 bridgehead atoms. The summed E-state index contributed by atoms with van der Waals surface area (Å²) in [6.45, 7) is 0. The van der Waals surface area contributed by atoms with Crippen LogP contribution in [0, 0.1) is 11.3 Å². The number of hydrogen-bond donors (Lipinski definition) is 0. The minimum atomic E-state index is 0.393. The van der Waals surface area contributed by atoms with Gasteiger partial charge in [-0.15, -0.1) is 0 Å². The summed E-state index contributed by atoms with van der Waals surface area (Å²) in [4.78, 5) is 7.82. The topological polar surface area (TPSA) is 58.8 Å². The summed E-state index contributed by atoms with van der Waals surface area (Å²) in [5.41, 5.74) is 0.470. The number of ether oxygens (including phenoxy) is 1. The molecule has 2 aromatic rings. The molecule has 0 saturated heterocycles. The Hall–Kier alpha value is -1.93. The molecule has 0 atom stereocenters. The van der Waals surface area contributed by atoms with Crippen LogP contribution in [0.1, 0.15) is 5.56 Å². The monoisotopic (exact) mass is 275 g/mol. The van der Waals surface area contributed by atoms with Crippen molar-refractivity contribution in [1.29, 1.82) is 5.26 Å². The van der Waals surface area contributed by atoms with Gasteiger partial charge in [0.2, 0.25) is 5.88 Å². The lowest BCUT2D eigenvalue weighted by atomic mass is 10.2. The van der Waals surface area contributed by atoms with Gasteiger partial charge in [-0.05, 0) is 28.1 Å². The molecular weight excluding hydrogens is 270 g/mol. The van der Waals surface area contributed by atoms with Crippen LogP contribution >= 0.6 is 15.9 Å². The fourth-order valence-corrected chi connectivity index (χ4v) is 1.42. The van der Waals surface area contributed by atoms with Crippen molar-refractivity contribution in [2.45, 2.75) is 0 Å². The number of nitriles is 1. The molecule has 2 rings (SSSR count). The van der Waals surface area contributed by atoms with Gasteiger partial charge in [0.1, 0.15) is 22.7 Å². The molecule has 0 N–H and O–H groups in total. The molecule has 16 heavy (non-hydrogen) atoms. The van der Waals surface area contributed by atoms with Gasteiger partial charge in [0.25, 0.3) is 0 Å². The standard InChI is InChI=1S/C11H6BrN3O/c12-10-5-11(15-7-14-10)16-9-4-2-1-3-8(9)6-13/h1-5,7H. The van der Waals surface area contributed by atoms with Crippen LogP contribution in [0.25, 0.3) is 0 Å². The van der Waals surface area contributed by atoms with Crippen molar-refractivity contribution in [1.82, 2.24) is 9.97 Å². The molecule has 5 heteroatoms. The second-order valence-corrected chi connectivity index (χ2v) is 3.70. The molecule has 0 aliphatic heterocycles. The first kappa shape index (κ1) is 10.6. The Balaban J connectivity index is 2.31. The molecule has 0 aliphatic carbocycles. The molecule has 0 saturated carbocycles. The second-order valence-electron chi connectivity index (χ2n) is 2.89. The summed E-state index contributed by atoms with van der Waals surface area (Å²) in [5.74, 6) is 0.875. The van der Waals surface area contributed by atoms with Gasteiger partial charge in [-0.1, -0.05) is 12.1 Å². The maximum Gasteiger partial charge on any atom is 0.223 e. The van der Waals surface area contributed by atoms with Crippen LogP contribution in [-0.4, -0.2) is 9.97 Å². The fourth-order valence-electron chi connectivity index (χ4n) is 1.13. The highest BCUT2D eigenvalue weighted by Gasteiger charge is 2.04. The van der Waals surface area contributed by atoms with Gasteiger partial charge in [-0.2, -0.15) is 5.26 Å². The van der Waals surface area contributed by atoms with E-state index in [4.69, 9.17) is 10.00 Å². The Labute approximate surface area is 101 Å². The summed E-state index contributed by atoms with van der Waals surface area (Å²) in [6.07, 6.45) is 1.38. The smallest absolute Gasteiger partial charge is 0.223 e. The van der Waals surface area contributed by atoms with Crippen molar-refractivity contribution < 1.29 is 4.74 Å². The van der Waals surface area contributed by atoms with E-state index in [1.165, 1.54) is 6.33 Å². The molecule has 0 radical (unpaired) electrons. The van der Waals surface area contributed by atoms with Gasteiger partial charge in [-0.3, -0.25) is 0 Å². The first-order valence-corrected chi connectivity index (χ1v) is 5.23. The number of benzene rings is 1. The summed E-state index contributed by atoms with van der Waals surface area (Å²) in [5, 5.41) is 8.88. The van der Waals surface area contributed by atoms with E-state index in [9.17, 15) is 0 Å². The van der Waals surface area contributed by atoms with Gasteiger partial charge in [0, 0.05) is 6.07 Å². The zero-order valence-corrected chi connectivity index (χ0v) is 9.68.